The first-order chi connectivity index (χ1) is 15.6. The van der Waals surface area contributed by atoms with Crippen LogP contribution in [-0.4, -0.2) is 10.9 Å². The lowest BCUT2D eigenvalue weighted by atomic mass is 10.2. The number of aromatic nitrogens is 1. The van der Waals surface area contributed by atoms with Gasteiger partial charge in [0, 0.05) is 16.6 Å². The molecule has 0 saturated carbocycles. The van der Waals surface area contributed by atoms with Crippen LogP contribution in [0, 0.1) is 18.3 Å². The van der Waals surface area contributed by atoms with E-state index in [1.54, 1.807) is 78.1 Å². The minimum Gasteiger partial charge on any atom is -0.487 e. The summed E-state index contributed by atoms with van der Waals surface area (Å²) in [6, 6.07) is 23.0. The van der Waals surface area contributed by atoms with E-state index in [4.69, 9.17) is 14.7 Å². The van der Waals surface area contributed by atoms with Crippen molar-refractivity contribution in [2.75, 3.05) is 5.32 Å². The van der Waals surface area contributed by atoms with E-state index >= 15 is 0 Å². The smallest absolute Gasteiger partial charge is 0.255 e. The largest absolute Gasteiger partial charge is 0.487 e. The summed E-state index contributed by atoms with van der Waals surface area (Å²) >= 11 is 1.57. The highest BCUT2D eigenvalue weighted by Crippen LogP contribution is 2.24. The third kappa shape index (κ3) is 5.50. The van der Waals surface area contributed by atoms with Gasteiger partial charge in [-0.2, -0.15) is 5.26 Å². The molecule has 6 nitrogen and oxygen atoms in total. The monoisotopic (exact) mass is 441 g/mol. The molecule has 0 atom stereocenters. The first-order valence-corrected chi connectivity index (χ1v) is 10.7. The molecule has 0 aliphatic heterocycles. The average Bonchev–Trinajstić information content (AvgIpc) is 3.24. The minimum atomic E-state index is -0.240. The lowest BCUT2D eigenvalue weighted by Gasteiger charge is -2.09. The van der Waals surface area contributed by atoms with Gasteiger partial charge in [0.05, 0.1) is 22.3 Å². The fraction of sp³-hybridized carbons (Fsp3) is 0.0800. The summed E-state index contributed by atoms with van der Waals surface area (Å²) in [5.41, 5.74) is 2.52. The highest BCUT2D eigenvalue weighted by Gasteiger charge is 2.09. The molecule has 4 rings (SSSR count). The van der Waals surface area contributed by atoms with Crippen LogP contribution in [-0.2, 0) is 6.61 Å². The van der Waals surface area contributed by atoms with Crippen molar-refractivity contribution in [3.63, 3.8) is 0 Å². The maximum absolute atomic E-state index is 12.7. The van der Waals surface area contributed by atoms with Gasteiger partial charge in [-0.05, 0) is 67.6 Å². The highest BCUT2D eigenvalue weighted by molar-refractivity contribution is 7.09. The third-order valence-corrected chi connectivity index (χ3v) is 5.28. The second-order valence-electron chi connectivity index (χ2n) is 6.89. The van der Waals surface area contributed by atoms with Gasteiger partial charge in [0.15, 0.2) is 0 Å². The molecule has 1 heterocycles. The second kappa shape index (κ2) is 9.77. The molecule has 0 aliphatic carbocycles. The van der Waals surface area contributed by atoms with E-state index in [1.807, 2.05) is 18.4 Å². The minimum absolute atomic E-state index is 0.240. The van der Waals surface area contributed by atoms with Crippen molar-refractivity contribution in [3.05, 3.63) is 100 Å². The number of hydrogen-bond acceptors (Lipinski definition) is 6. The molecule has 32 heavy (non-hydrogen) atoms. The number of carbonyl (C=O) groups excluding carboxylic acids is 1. The van der Waals surface area contributed by atoms with E-state index in [2.05, 4.69) is 16.4 Å². The van der Waals surface area contributed by atoms with Crippen LogP contribution in [0.25, 0.3) is 0 Å². The molecule has 0 saturated heterocycles. The summed E-state index contributed by atoms with van der Waals surface area (Å²) in [5.74, 6) is 1.54. The van der Waals surface area contributed by atoms with Gasteiger partial charge in [-0.15, -0.1) is 11.3 Å². The third-order valence-electron chi connectivity index (χ3n) is 4.46. The van der Waals surface area contributed by atoms with E-state index in [0.717, 1.165) is 10.7 Å². The van der Waals surface area contributed by atoms with Gasteiger partial charge in [-0.3, -0.25) is 4.79 Å². The van der Waals surface area contributed by atoms with Gasteiger partial charge < -0.3 is 14.8 Å². The molecule has 1 N–H and O–H groups in total. The molecule has 0 aliphatic rings. The molecule has 0 fully saturated rings. The molecule has 7 heteroatoms. The number of ether oxygens (including phenoxy) is 2. The summed E-state index contributed by atoms with van der Waals surface area (Å²) in [5, 5.41) is 14.8. The van der Waals surface area contributed by atoms with E-state index < -0.39 is 0 Å². The first kappa shape index (κ1) is 21.1. The Morgan fingerprint density at radius 1 is 1.03 bits per heavy atom. The average molecular weight is 442 g/mol. The second-order valence-corrected chi connectivity index (χ2v) is 7.96. The SMILES string of the molecule is Cc1nc(COc2cccc(C(=O)Nc3ccc(Oc4cccc(C#N)c4)cc3)c2)cs1. The standard InChI is InChI=1S/C25H19N3O3S/c1-17-27-21(16-32-17)15-30-23-6-3-5-19(13-23)25(29)28-20-8-10-22(11-9-20)31-24-7-2-4-18(12-24)14-26/h2-13,16H,15H2,1H3,(H,28,29). The van der Waals surface area contributed by atoms with Crippen molar-refractivity contribution in [2.45, 2.75) is 13.5 Å². The van der Waals surface area contributed by atoms with Crippen molar-refractivity contribution < 1.29 is 14.3 Å². The van der Waals surface area contributed by atoms with Gasteiger partial charge in [0.1, 0.15) is 23.9 Å². The normalized spacial score (nSPS) is 10.2. The Morgan fingerprint density at radius 3 is 2.56 bits per heavy atom. The van der Waals surface area contributed by atoms with Crippen LogP contribution < -0.4 is 14.8 Å². The summed E-state index contributed by atoms with van der Waals surface area (Å²) in [4.78, 5) is 17.0. The molecular formula is C25H19N3O3S. The predicted molar refractivity (Wildman–Crippen MR) is 123 cm³/mol. The summed E-state index contributed by atoms with van der Waals surface area (Å²) in [6.07, 6.45) is 0. The van der Waals surface area contributed by atoms with Gasteiger partial charge in [-0.25, -0.2) is 4.98 Å². The van der Waals surface area contributed by atoms with E-state index in [9.17, 15) is 4.79 Å². The summed E-state index contributed by atoms with van der Waals surface area (Å²) in [7, 11) is 0. The lowest BCUT2D eigenvalue weighted by molar-refractivity contribution is 0.102. The van der Waals surface area contributed by atoms with Crippen molar-refractivity contribution in [2.24, 2.45) is 0 Å². The molecule has 0 unspecified atom stereocenters. The predicted octanol–water partition coefficient (Wildman–Crippen LogP) is 5.95. The Hall–Kier alpha value is -4.15. The Bertz CT molecular complexity index is 1280. The van der Waals surface area contributed by atoms with E-state index in [0.29, 0.717) is 40.7 Å². The number of nitrogens with one attached hydrogen (secondary N) is 1. The maximum Gasteiger partial charge on any atom is 0.255 e. The molecule has 0 spiro atoms. The Balaban J connectivity index is 1.36. The number of benzene rings is 3. The number of anilines is 1. The van der Waals surface area contributed by atoms with Crippen LogP contribution in [0.5, 0.6) is 17.2 Å². The Morgan fingerprint density at radius 2 is 1.81 bits per heavy atom. The zero-order valence-corrected chi connectivity index (χ0v) is 18.1. The number of amides is 1. The number of aryl methyl sites for hydroxylation is 1. The lowest BCUT2D eigenvalue weighted by Crippen LogP contribution is -2.11. The van der Waals surface area contributed by atoms with Crippen LogP contribution in [0.15, 0.2) is 78.2 Å². The molecule has 0 bridgehead atoms. The van der Waals surface area contributed by atoms with Gasteiger partial charge in [-0.1, -0.05) is 12.1 Å². The topological polar surface area (TPSA) is 84.2 Å². The van der Waals surface area contributed by atoms with Gasteiger partial charge >= 0.3 is 0 Å². The van der Waals surface area contributed by atoms with E-state index in [1.165, 1.54) is 0 Å². The van der Waals surface area contributed by atoms with Crippen LogP contribution in [0.1, 0.15) is 26.6 Å². The fourth-order valence-corrected chi connectivity index (χ4v) is 3.53. The highest BCUT2D eigenvalue weighted by atomic mass is 32.1. The summed E-state index contributed by atoms with van der Waals surface area (Å²) < 4.78 is 11.5. The van der Waals surface area contributed by atoms with Crippen molar-refractivity contribution in [1.82, 2.24) is 4.98 Å². The molecular weight excluding hydrogens is 422 g/mol. The Labute approximate surface area is 189 Å². The van der Waals surface area contributed by atoms with Gasteiger partial charge in [0.2, 0.25) is 0 Å². The quantitative estimate of drug-likeness (QED) is 0.383. The number of hydrogen-bond donors (Lipinski definition) is 1. The number of carbonyl (C=O) groups is 1. The fourth-order valence-electron chi connectivity index (χ4n) is 2.93. The molecule has 158 valence electrons. The summed E-state index contributed by atoms with van der Waals surface area (Å²) in [6.45, 7) is 2.30. The van der Waals surface area contributed by atoms with Crippen molar-refractivity contribution in [1.29, 1.82) is 5.26 Å². The maximum atomic E-state index is 12.7. The van der Waals surface area contributed by atoms with Crippen LogP contribution in [0.3, 0.4) is 0 Å². The van der Waals surface area contributed by atoms with E-state index in [-0.39, 0.29) is 5.91 Å². The number of nitriles is 1. The molecule has 1 aromatic heterocycles. The molecule has 1 amide bonds. The van der Waals surface area contributed by atoms with Crippen LogP contribution in [0.4, 0.5) is 5.69 Å². The zero-order chi connectivity index (χ0) is 22.3. The van der Waals surface area contributed by atoms with Crippen LogP contribution in [0.2, 0.25) is 0 Å². The molecule has 0 radical (unpaired) electrons. The number of thiazole rings is 1. The van der Waals surface area contributed by atoms with Crippen molar-refractivity contribution >= 4 is 22.9 Å². The number of nitrogens with zero attached hydrogens (tertiary/aromatic N) is 2. The molecule has 3 aromatic carbocycles. The Kier molecular flexibility index (Phi) is 6.44. The first-order valence-electron chi connectivity index (χ1n) is 9.82. The van der Waals surface area contributed by atoms with Crippen molar-refractivity contribution in [3.8, 4) is 23.3 Å². The zero-order valence-electron chi connectivity index (χ0n) is 17.2. The molecule has 4 aromatic rings. The van der Waals surface area contributed by atoms with Crippen LogP contribution >= 0.6 is 11.3 Å². The number of rotatable bonds is 7. The van der Waals surface area contributed by atoms with Gasteiger partial charge in [0.25, 0.3) is 5.91 Å².